The summed E-state index contributed by atoms with van der Waals surface area (Å²) in [5.41, 5.74) is 7.13. The van der Waals surface area contributed by atoms with Crippen LogP contribution < -0.4 is 5.73 Å². The molecule has 3 heteroatoms. The van der Waals surface area contributed by atoms with Crippen molar-refractivity contribution in [2.75, 3.05) is 0 Å². The monoisotopic (exact) mass is 261 g/mol. The molecule has 0 spiro atoms. The van der Waals surface area contributed by atoms with Crippen LogP contribution in [0.1, 0.15) is 69.7 Å². The fraction of sp³-hybridized carbons (Fsp3) is 0.750. The Morgan fingerprint density at radius 2 is 1.79 bits per heavy atom. The normalized spacial score (nSPS) is 25.2. The van der Waals surface area contributed by atoms with Gasteiger partial charge >= 0.3 is 0 Å². The van der Waals surface area contributed by atoms with E-state index in [0.29, 0.717) is 5.92 Å². The zero-order valence-corrected chi connectivity index (χ0v) is 12.3. The van der Waals surface area contributed by atoms with E-state index in [9.17, 15) is 0 Å². The van der Waals surface area contributed by atoms with E-state index < -0.39 is 0 Å². The van der Waals surface area contributed by atoms with Gasteiger partial charge in [0.05, 0.1) is 0 Å². The molecule has 106 valence electrons. The van der Waals surface area contributed by atoms with Crippen molar-refractivity contribution < 1.29 is 0 Å². The van der Waals surface area contributed by atoms with Crippen molar-refractivity contribution in [1.29, 1.82) is 0 Å². The third kappa shape index (κ3) is 4.00. The molecule has 1 saturated carbocycles. The number of hydrogen-bond acceptors (Lipinski definition) is 3. The molecule has 1 atom stereocenters. The first-order valence-electron chi connectivity index (χ1n) is 7.79. The Labute approximate surface area is 117 Å². The summed E-state index contributed by atoms with van der Waals surface area (Å²) in [6.07, 6.45) is 12.4. The summed E-state index contributed by atoms with van der Waals surface area (Å²) in [4.78, 5) is 9.15. The van der Waals surface area contributed by atoms with Gasteiger partial charge in [-0.25, -0.2) is 9.97 Å². The van der Waals surface area contributed by atoms with Crippen molar-refractivity contribution in [2.24, 2.45) is 11.7 Å². The molecule has 0 bridgehead atoms. The second-order valence-electron chi connectivity index (χ2n) is 5.95. The second kappa shape index (κ2) is 6.99. The maximum atomic E-state index is 5.96. The first-order valence-corrected chi connectivity index (χ1v) is 7.79. The van der Waals surface area contributed by atoms with Crippen LogP contribution in [0, 0.1) is 5.92 Å². The second-order valence-corrected chi connectivity index (χ2v) is 5.95. The smallest absolute Gasteiger partial charge is 0.131 e. The summed E-state index contributed by atoms with van der Waals surface area (Å²) < 4.78 is 0. The van der Waals surface area contributed by atoms with E-state index in [1.807, 2.05) is 12.4 Å². The SMILES string of the molecule is CCC(N)Cc1cnc(C2CCC(CC)CC2)nc1. The first kappa shape index (κ1) is 14.4. The summed E-state index contributed by atoms with van der Waals surface area (Å²) in [5, 5.41) is 0. The van der Waals surface area contributed by atoms with E-state index in [-0.39, 0.29) is 6.04 Å². The van der Waals surface area contributed by atoms with Crippen LogP contribution in [-0.4, -0.2) is 16.0 Å². The average molecular weight is 261 g/mol. The van der Waals surface area contributed by atoms with Crippen molar-refractivity contribution in [3.63, 3.8) is 0 Å². The number of aromatic nitrogens is 2. The molecule has 1 aliphatic rings. The minimum absolute atomic E-state index is 0.231. The highest BCUT2D eigenvalue weighted by Crippen LogP contribution is 2.35. The Bertz CT molecular complexity index is 366. The van der Waals surface area contributed by atoms with E-state index in [1.54, 1.807) is 0 Å². The molecule has 0 aromatic carbocycles. The van der Waals surface area contributed by atoms with Crippen molar-refractivity contribution in [1.82, 2.24) is 9.97 Å². The summed E-state index contributed by atoms with van der Waals surface area (Å²) in [6, 6.07) is 0.231. The maximum absolute atomic E-state index is 5.96. The van der Waals surface area contributed by atoms with Crippen LogP contribution in [0.3, 0.4) is 0 Å². The molecule has 1 aromatic heterocycles. The molecule has 1 unspecified atom stereocenters. The Hall–Kier alpha value is -0.960. The molecule has 0 amide bonds. The van der Waals surface area contributed by atoms with Gasteiger partial charge in [-0.15, -0.1) is 0 Å². The van der Waals surface area contributed by atoms with E-state index in [2.05, 4.69) is 23.8 Å². The third-order valence-electron chi connectivity index (χ3n) is 4.54. The lowest BCUT2D eigenvalue weighted by molar-refractivity contribution is 0.312. The molecular weight excluding hydrogens is 234 g/mol. The molecule has 3 nitrogen and oxygen atoms in total. The quantitative estimate of drug-likeness (QED) is 0.883. The highest BCUT2D eigenvalue weighted by atomic mass is 14.9. The fourth-order valence-corrected chi connectivity index (χ4v) is 2.96. The lowest BCUT2D eigenvalue weighted by Crippen LogP contribution is -2.22. The minimum Gasteiger partial charge on any atom is -0.327 e. The lowest BCUT2D eigenvalue weighted by atomic mass is 9.80. The number of hydrogen-bond donors (Lipinski definition) is 1. The molecule has 0 aliphatic heterocycles. The number of nitrogens with two attached hydrogens (primary N) is 1. The van der Waals surface area contributed by atoms with Gasteiger partial charge in [-0.05, 0) is 50.0 Å². The standard InChI is InChI=1S/C16H27N3/c1-3-12-5-7-14(8-6-12)16-18-10-13(11-19-16)9-15(17)4-2/h10-12,14-15H,3-9,17H2,1-2H3. The van der Waals surface area contributed by atoms with Crippen LogP contribution >= 0.6 is 0 Å². The van der Waals surface area contributed by atoms with Crippen LogP contribution in [0.2, 0.25) is 0 Å². The summed E-state index contributed by atoms with van der Waals surface area (Å²) in [6.45, 7) is 4.42. The average Bonchev–Trinajstić information content (AvgIpc) is 2.48. The zero-order chi connectivity index (χ0) is 13.7. The molecule has 1 aromatic rings. The maximum Gasteiger partial charge on any atom is 0.131 e. The predicted molar refractivity (Wildman–Crippen MR) is 79.0 cm³/mol. The molecule has 1 fully saturated rings. The van der Waals surface area contributed by atoms with Crippen LogP contribution in [0.25, 0.3) is 0 Å². The zero-order valence-electron chi connectivity index (χ0n) is 12.3. The topological polar surface area (TPSA) is 51.8 Å². The van der Waals surface area contributed by atoms with E-state index >= 15 is 0 Å². The Balaban J connectivity index is 1.91. The predicted octanol–water partition coefficient (Wildman–Crippen LogP) is 3.44. The number of rotatable bonds is 5. The Morgan fingerprint density at radius 3 is 2.32 bits per heavy atom. The van der Waals surface area contributed by atoms with Crippen molar-refractivity contribution >= 4 is 0 Å². The van der Waals surface area contributed by atoms with Crippen molar-refractivity contribution in [3.05, 3.63) is 23.8 Å². The van der Waals surface area contributed by atoms with Gasteiger partial charge in [0, 0.05) is 24.4 Å². The molecule has 1 aliphatic carbocycles. The first-order chi connectivity index (χ1) is 9.22. The summed E-state index contributed by atoms with van der Waals surface area (Å²) in [5.74, 6) is 2.55. The van der Waals surface area contributed by atoms with Crippen LogP contribution in [0.5, 0.6) is 0 Å². The molecule has 19 heavy (non-hydrogen) atoms. The van der Waals surface area contributed by atoms with Gasteiger partial charge in [0.2, 0.25) is 0 Å². The highest BCUT2D eigenvalue weighted by molar-refractivity contribution is 5.09. The van der Waals surface area contributed by atoms with Gasteiger partial charge in [0.25, 0.3) is 0 Å². The highest BCUT2D eigenvalue weighted by Gasteiger charge is 2.23. The van der Waals surface area contributed by atoms with E-state index in [0.717, 1.165) is 24.6 Å². The van der Waals surface area contributed by atoms with Gasteiger partial charge in [0.15, 0.2) is 0 Å². The number of nitrogens with zero attached hydrogens (tertiary/aromatic N) is 2. The minimum atomic E-state index is 0.231. The van der Waals surface area contributed by atoms with Gasteiger partial charge in [0.1, 0.15) is 5.82 Å². The summed E-state index contributed by atoms with van der Waals surface area (Å²) >= 11 is 0. The molecule has 0 saturated heterocycles. The van der Waals surface area contributed by atoms with Crippen molar-refractivity contribution in [3.8, 4) is 0 Å². The molecule has 2 N–H and O–H groups in total. The molecule has 0 radical (unpaired) electrons. The van der Waals surface area contributed by atoms with E-state index in [4.69, 9.17) is 5.73 Å². The Morgan fingerprint density at radius 1 is 1.16 bits per heavy atom. The van der Waals surface area contributed by atoms with Gasteiger partial charge in [-0.3, -0.25) is 0 Å². The third-order valence-corrected chi connectivity index (χ3v) is 4.54. The Kier molecular flexibility index (Phi) is 5.32. The summed E-state index contributed by atoms with van der Waals surface area (Å²) in [7, 11) is 0. The molecular formula is C16H27N3. The largest absolute Gasteiger partial charge is 0.327 e. The molecule has 1 heterocycles. The molecule has 2 rings (SSSR count). The van der Waals surface area contributed by atoms with Gasteiger partial charge < -0.3 is 5.73 Å². The fourth-order valence-electron chi connectivity index (χ4n) is 2.96. The van der Waals surface area contributed by atoms with Crippen LogP contribution in [-0.2, 0) is 6.42 Å². The van der Waals surface area contributed by atoms with Gasteiger partial charge in [-0.1, -0.05) is 20.3 Å². The van der Waals surface area contributed by atoms with Crippen LogP contribution in [0.15, 0.2) is 12.4 Å². The van der Waals surface area contributed by atoms with Crippen LogP contribution in [0.4, 0.5) is 0 Å². The lowest BCUT2D eigenvalue weighted by Gasteiger charge is -2.26. The van der Waals surface area contributed by atoms with Gasteiger partial charge in [-0.2, -0.15) is 0 Å². The van der Waals surface area contributed by atoms with Crippen molar-refractivity contribution in [2.45, 2.75) is 70.8 Å². The van der Waals surface area contributed by atoms with E-state index in [1.165, 1.54) is 37.7 Å².